The summed E-state index contributed by atoms with van der Waals surface area (Å²) in [7, 11) is 0. The zero-order valence-electron chi connectivity index (χ0n) is 25.4. The minimum atomic E-state index is -0.305. The van der Waals surface area contributed by atoms with Crippen LogP contribution < -0.4 is 4.90 Å². The average Bonchev–Trinajstić information content (AvgIpc) is 3.64. The van der Waals surface area contributed by atoms with Crippen molar-refractivity contribution >= 4 is 39.0 Å². The highest BCUT2D eigenvalue weighted by Crippen LogP contribution is 2.56. The number of rotatable bonds is 5. The third kappa shape index (κ3) is 3.88. The Morgan fingerprint density at radius 3 is 2.02 bits per heavy atom. The van der Waals surface area contributed by atoms with E-state index in [2.05, 4.69) is 168 Å². The van der Waals surface area contributed by atoms with Crippen molar-refractivity contribution in [3.63, 3.8) is 0 Å². The number of aromatic nitrogens is 1. The van der Waals surface area contributed by atoms with Gasteiger partial charge < -0.3 is 9.32 Å². The molecule has 9 rings (SSSR count). The second-order valence-corrected chi connectivity index (χ2v) is 12.1. The molecule has 0 spiro atoms. The first-order valence-corrected chi connectivity index (χ1v) is 15.7. The summed E-state index contributed by atoms with van der Waals surface area (Å²) in [5.74, 6) is 0. The second kappa shape index (κ2) is 10.3. The highest BCUT2D eigenvalue weighted by atomic mass is 16.3. The van der Waals surface area contributed by atoms with Gasteiger partial charge in [0.15, 0.2) is 5.58 Å². The Hall–Kier alpha value is -5.93. The molecule has 1 aliphatic carbocycles. The van der Waals surface area contributed by atoms with Crippen LogP contribution in [-0.4, -0.2) is 4.98 Å². The van der Waals surface area contributed by atoms with E-state index in [0.717, 1.165) is 39.0 Å². The maximum absolute atomic E-state index is 6.85. The van der Waals surface area contributed by atoms with E-state index >= 15 is 0 Å². The lowest BCUT2D eigenvalue weighted by atomic mass is 9.74. The smallest absolute Gasteiger partial charge is 0.159 e. The van der Waals surface area contributed by atoms with Gasteiger partial charge in [-0.05, 0) is 82.8 Å². The van der Waals surface area contributed by atoms with Crippen LogP contribution in [0.5, 0.6) is 0 Å². The molecule has 1 aliphatic rings. The van der Waals surface area contributed by atoms with Gasteiger partial charge in [-0.15, -0.1) is 0 Å². The summed E-state index contributed by atoms with van der Waals surface area (Å²) in [6.07, 6.45) is 3.94. The van der Waals surface area contributed by atoms with E-state index in [9.17, 15) is 0 Å². The summed E-state index contributed by atoms with van der Waals surface area (Å²) in [5, 5.41) is 2.23. The van der Waals surface area contributed by atoms with Crippen LogP contribution in [0.1, 0.15) is 23.6 Å². The van der Waals surface area contributed by atoms with E-state index in [0.29, 0.717) is 0 Å². The molecule has 0 saturated heterocycles. The number of pyridine rings is 1. The average molecular weight is 591 g/mol. The fraction of sp³-hybridized carbons (Fsp3) is 0.0465. The van der Waals surface area contributed by atoms with Crippen LogP contribution in [0.4, 0.5) is 17.1 Å². The van der Waals surface area contributed by atoms with Gasteiger partial charge >= 0.3 is 0 Å². The van der Waals surface area contributed by atoms with E-state index < -0.39 is 0 Å². The Morgan fingerprint density at radius 1 is 0.587 bits per heavy atom. The lowest BCUT2D eigenvalue weighted by Crippen LogP contribution is -2.22. The monoisotopic (exact) mass is 590 g/mol. The van der Waals surface area contributed by atoms with Crippen LogP contribution in [-0.2, 0) is 5.41 Å². The first-order valence-electron chi connectivity index (χ1n) is 15.7. The van der Waals surface area contributed by atoms with Gasteiger partial charge in [-0.3, -0.25) is 4.98 Å². The third-order valence-corrected chi connectivity index (χ3v) is 9.65. The normalized spacial score (nSPS) is 15.2. The molecule has 3 heteroatoms. The van der Waals surface area contributed by atoms with Crippen molar-refractivity contribution in [2.75, 3.05) is 4.90 Å². The van der Waals surface area contributed by atoms with Gasteiger partial charge in [0, 0.05) is 45.5 Å². The Bertz CT molecular complexity index is 2360. The third-order valence-electron chi connectivity index (χ3n) is 9.65. The molecule has 0 radical (unpaired) electrons. The molecule has 8 aromatic rings. The first kappa shape index (κ1) is 26.5. The summed E-state index contributed by atoms with van der Waals surface area (Å²) < 4.78 is 6.85. The lowest BCUT2D eigenvalue weighted by Gasteiger charge is -2.28. The fourth-order valence-corrected chi connectivity index (χ4v) is 7.44. The number of fused-ring (bicyclic) bond motifs is 7. The van der Waals surface area contributed by atoms with Gasteiger partial charge in [0.05, 0.1) is 5.69 Å². The highest BCUT2D eigenvalue weighted by Gasteiger charge is 2.42. The largest absolute Gasteiger partial charge is 0.454 e. The van der Waals surface area contributed by atoms with E-state index in [1.165, 1.54) is 38.9 Å². The quantitative estimate of drug-likeness (QED) is 0.200. The molecule has 3 nitrogen and oxygen atoms in total. The molecule has 2 aromatic heterocycles. The van der Waals surface area contributed by atoms with Crippen LogP contribution in [0.25, 0.3) is 44.2 Å². The lowest BCUT2D eigenvalue weighted by molar-refractivity contribution is 0.668. The SMILES string of the molecule is CC1(c2ccccc2)c2ccncc2-c2c1ccc1oc3c(N(c4ccccc4)c4ccc(-c5ccccc5)cc4)cccc3c21. The van der Waals surface area contributed by atoms with Crippen molar-refractivity contribution < 1.29 is 4.42 Å². The number of hydrogen-bond acceptors (Lipinski definition) is 3. The highest BCUT2D eigenvalue weighted by molar-refractivity contribution is 6.18. The standard InChI is InChI=1S/C43H30N2O/c1-43(31-14-7-3-8-15-31)36-26-27-44-28-35(36)40-37(43)24-25-39-41(40)34-18-11-19-38(42(34)46-39)45(32-16-9-4-10-17-32)33-22-20-30(21-23-33)29-12-5-2-6-13-29/h2-28H,1H3. The van der Waals surface area contributed by atoms with Crippen LogP contribution in [0, 0.1) is 0 Å². The van der Waals surface area contributed by atoms with Gasteiger partial charge in [-0.1, -0.05) is 109 Å². The first-order chi connectivity index (χ1) is 22.7. The number of anilines is 3. The maximum Gasteiger partial charge on any atom is 0.159 e. The van der Waals surface area contributed by atoms with Crippen molar-refractivity contribution in [1.29, 1.82) is 0 Å². The molecule has 1 atom stereocenters. The molecule has 0 fully saturated rings. The van der Waals surface area contributed by atoms with E-state index in [1.807, 2.05) is 12.4 Å². The summed E-state index contributed by atoms with van der Waals surface area (Å²) in [6, 6.07) is 53.7. The van der Waals surface area contributed by atoms with Crippen molar-refractivity contribution in [2.45, 2.75) is 12.3 Å². The molecule has 6 aromatic carbocycles. The molecule has 0 amide bonds. The van der Waals surface area contributed by atoms with Crippen LogP contribution in [0.15, 0.2) is 168 Å². The second-order valence-electron chi connectivity index (χ2n) is 12.1. The Morgan fingerprint density at radius 2 is 1.26 bits per heavy atom. The van der Waals surface area contributed by atoms with Gasteiger partial charge in [0.1, 0.15) is 5.58 Å². The Balaban J connectivity index is 1.28. The van der Waals surface area contributed by atoms with Crippen molar-refractivity contribution in [3.8, 4) is 22.3 Å². The van der Waals surface area contributed by atoms with Crippen LogP contribution in [0.2, 0.25) is 0 Å². The molecule has 46 heavy (non-hydrogen) atoms. The fourth-order valence-electron chi connectivity index (χ4n) is 7.44. The van der Waals surface area contributed by atoms with Crippen LogP contribution >= 0.6 is 0 Å². The van der Waals surface area contributed by atoms with E-state index in [4.69, 9.17) is 4.42 Å². The molecular weight excluding hydrogens is 560 g/mol. The van der Waals surface area contributed by atoms with Gasteiger partial charge in [0.25, 0.3) is 0 Å². The molecule has 0 saturated carbocycles. The molecule has 0 aliphatic heterocycles. The Labute approximate surface area is 268 Å². The summed E-state index contributed by atoms with van der Waals surface area (Å²) in [6.45, 7) is 2.34. The minimum absolute atomic E-state index is 0.305. The Kier molecular flexibility index (Phi) is 5.94. The van der Waals surface area contributed by atoms with Gasteiger partial charge in [0.2, 0.25) is 0 Å². The topological polar surface area (TPSA) is 29.3 Å². The predicted molar refractivity (Wildman–Crippen MR) is 189 cm³/mol. The maximum atomic E-state index is 6.85. The number of para-hydroxylation sites is 2. The van der Waals surface area contributed by atoms with Gasteiger partial charge in [-0.25, -0.2) is 0 Å². The number of benzene rings is 6. The minimum Gasteiger partial charge on any atom is -0.454 e. The van der Waals surface area contributed by atoms with E-state index in [1.54, 1.807) is 0 Å². The number of furan rings is 1. The molecular formula is C43H30N2O. The number of nitrogens with zero attached hydrogens (tertiary/aromatic N) is 2. The summed E-state index contributed by atoms with van der Waals surface area (Å²) >= 11 is 0. The summed E-state index contributed by atoms with van der Waals surface area (Å²) in [5.41, 5.74) is 13.1. The molecule has 0 N–H and O–H groups in total. The zero-order chi connectivity index (χ0) is 30.7. The zero-order valence-corrected chi connectivity index (χ0v) is 25.4. The molecule has 2 heterocycles. The van der Waals surface area contributed by atoms with Gasteiger partial charge in [-0.2, -0.15) is 0 Å². The summed E-state index contributed by atoms with van der Waals surface area (Å²) in [4.78, 5) is 6.90. The van der Waals surface area contributed by atoms with Crippen molar-refractivity contribution in [1.82, 2.24) is 4.98 Å². The van der Waals surface area contributed by atoms with Crippen molar-refractivity contribution in [3.05, 3.63) is 181 Å². The molecule has 1 unspecified atom stereocenters. The molecule has 0 bridgehead atoms. The van der Waals surface area contributed by atoms with Crippen LogP contribution in [0.3, 0.4) is 0 Å². The van der Waals surface area contributed by atoms with E-state index in [-0.39, 0.29) is 5.41 Å². The molecule has 218 valence electrons. The number of hydrogen-bond donors (Lipinski definition) is 0. The van der Waals surface area contributed by atoms with Crippen molar-refractivity contribution in [2.24, 2.45) is 0 Å². The predicted octanol–water partition coefficient (Wildman–Crippen LogP) is 11.5.